The van der Waals surface area contributed by atoms with Crippen LogP contribution in [0.4, 0.5) is 0 Å². The van der Waals surface area contributed by atoms with Gasteiger partial charge in [0.15, 0.2) is 0 Å². The van der Waals surface area contributed by atoms with Crippen molar-refractivity contribution in [3.05, 3.63) is 0 Å². The lowest BCUT2D eigenvalue weighted by molar-refractivity contribution is 0.0678. The molecule has 0 aromatic heterocycles. The summed E-state index contributed by atoms with van der Waals surface area (Å²) in [5, 5.41) is 4.10. The molecule has 0 heterocycles. The van der Waals surface area contributed by atoms with Gasteiger partial charge in [0, 0.05) is 12.1 Å². The highest BCUT2D eigenvalue weighted by Gasteiger charge is 2.40. The van der Waals surface area contributed by atoms with Crippen LogP contribution in [0.5, 0.6) is 0 Å². The third-order valence-electron chi connectivity index (χ3n) is 5.68. The predicted molar refractivity (Wildman–Crippen MR) is 88.9 cm³/mol. The van der Waals surface area contributed by atoms with E-state index in [1.807, 2.05) is 0 Å². The predicted octanol–water partition coefficient (Wildman–Crippen LogP) is 5.40. The molecule has 0 amide bonds. The number of nitrogens with one attached hydrogen (secondary N) is 1. The van der Waals surface area contributed by atoms with Gasteiger partial charge < -0.3 is 5.32 Å². The van der Waals surface area contributed by atoms with E-state index in [9.17, 15) is 0 Å². The fourth-order valence-corrected chi connectivity index (χ4v) is 5.43. The summed E-state index contributed by atoms with van der Waals surface area (Å²) >= 11 is 0. The van der Waals surface area contributed by atoms with Gasteiger partial charge in [-0.3, -0.25) is 0 Å². The van der Waals surface area contributed by atoms with E-state index in [1.54, 1.807) is 0 Å². The van der Waals surface area contributed by atoms with Gasteiger partial charge in [-0.15, -0.1) is 0 Å². The van der Waals surface area contributed by atoms with Gasteiger partial charge in [0.2, 0.25) is 0 Å². The first-order valence-electron chi connectivity index (χ1n) is 8.95. The van der Waals surface area contributed by atoms with Crippen molar-refractivity contribution >= 4 is 0 Å². The molecule has 118 valence electrons. The summed E-state index contributed by atoms with van der Waals surface area (Å²) < 4.78 is 0. The Kier molecular flexibility index (Phi) is 4.89. The fourth-order valence-electron chi connectivity index (χ4n) is 5.43. The van der Waals surface area contributed by atoms with E-state index in [-0.39, 0.29) is 0 Å². The molecule has 1 N–H and O–H groups in total. The summed E-state index contributed by atoms with van der Waals surface area (Å²) in [5.41, 5.74) is 1.00. The van der Waals surface area contributed by atoms with Crippen LogP contribution in [0.2, 0.25) is 0 Å². The third-order valence-corrected chi connectivity index (χ3v) is 5.68. The number of hydrogen-bond acceptors (Lipinski definition) is 1. The molecule has 2 aliphatic carbocycles. The Hall–Kier alpha value is -0.0400. The second-order valence-electron chi connectivity index (χ2n) is 9.58. The van der Waals surface area contributed by atoms with Gasteiger partial charge in [-0.2, -0.15) is 0 Å². The SMILES string of the molecule is CC(C)C1CCCCC1NC1CC(C)(C)CC(C)(C)C1. The summed E-state index contributed by atoms with van der Waals surface area (Å²) in [6, 6.07) is 1.51. The van der Waals surface area contributed by atoms with E-state index in [2.05, 4.69) is 46.9 Å². The summed E-state index contributed by atoms with van der Waals surface area (Å²) in [4.78, 5) is 0. The zero-order chi connectivity index (χ0) is 15.0. The second-order valence-corrected chi connectivity index (χ2v) is 9.58. The second kappa shape index (κ2) is 5.99. The maximum atomic E-state index is 4.10. The maximum Gasteiger partial charge on any atom is 0.0100 e. The minimum Gasteiger partial charge on any atom is -0.311 e. The lowest BCUT2D eigenvalue weighted by Crippen LogP contribution is -2.51. The van der Waals surface area contributed by atoms with Crippen LogP contribution >= 0.6 is 0 Å². The quantitative estimate of drug-likeness (QED) is 0.729. The van der Waals surface area contributed by atoms with Gasteiger partial charge in [0.1, 0.15) is 0 Å². The third kappa shape index (κ3) is 4.23. The maximum absolute atomic E-state index is 4.10. The first kappa shape index (κ1) is 16.3. The molecule has 1 nitrogen and oxygen atoms in total. The first-order chi connectivity index (χ1) is 9.19. The van der Waals surface area contributed by atoms with E-state index in [0.717, 1.165) is 23.9 Å². The first-order valence-corrected chi connectivity index (χ1v) is 8.95. The smallest absolute Gasteiger partial charge is 0.0100 e. The summed E-state index contributed by atoms with van der Waals surface area (Å²) in [6.07, 6.45) is 9.81. The molecule has 2 aliphatic rings. The Bertz CT molecular complexity index is 300. The molecule has 0 aromatic rings. The topological polar surface area (TPSA) is 12.0 Å². The lowest BCUT2D eigenvalue weighted by Gasteiger charge is -2.47. The average molecular weight is 280 g/mol. The summed E-state index contributed by atoms with van der Waals surface area (Å²) in [6.45, 7) is 14.7. The van der Waals surface area contributed by atoms with Crippen LogP contribution in [0.25, 0.3) is 0 Å². The molecule has 0 saturated heterocycles. The van der Waals surface area contributed by atoms with Gasteiger partial charge >= 0.3 is 0 Å². The van der Waals surface area contributed by atoms with E-state index >= 15 is 0 Å². The van der Waals surface area contributed by atoms with Gasteiger partial charge in [-0.25, -0.2) is 0 Å². The summed E-state index contributed by atoms with van der Waals surface area (Å²) in [7, 11) is 0. The molecule has 2 atom stereocenters. The monoisotopic (exact) mass is 279 g/mol. The van der Waals surface area contributed by atoms with E-state index in [4.69, 9.17) is 0 Å². The highest BCUT2D eigenvalue weighted by atomic mass is 15.0. The molecule has 1 heteroatoms. The molecular formula is C19H37N. The highest BCUT2D eigenvalue weighted by molar-refractivity contribution is 4.95. The van der Waals surface area contributed by atoms with Crippen LogP contribution < -0.4 is 5.32 Å². The van der Waals surface area contributed by atoms with Crippen molar-refractivity contribution in [2.75, 3.05) is 0 Å². The molecule has 2 unspecified atom stereocenters. The molecule has 0 aliphatic heterocycles. The molecule has 0 radical (unpaired) electrons. The van der Waals surface area contributed by atoms with Crippen LogP contribution in [-0.2, 0) is 0 Å². The minimum atomic E-state index is 0.501. The molecule has 2 fully saturated rings. The van der Waals surface area contributed by atoms with Crippen LogP contribution in [0.15, 0.2) is 0 Å². The molecular weight excluding hydrogens is 242 g/mol. The van der Waals surface area contributed by atoms with Crippen molar-refractivity contribution in [2.45, 2.75) is 98.6 Å². The van der Waals surface area contributed by atoms with Crippen molar-refractivity contribution in [1.82, 2.24) is 5.32 Å². The Morgan fingerprint density at radius 1 is 0.900 bits per heavy atom. The van der Waals surface area contributed by atoms with Gasteiger partial charge in [-0.1, -0.05) is 54.4 Å². The van der Waals surface area contributed by atoms with Crippen molar-refractivity contribution < 1.29 is 0 Å². The largest absolute Gasteiger partial charge is 0.311 e. The fraction of sp³-hybridized carbons (Fsp3) is 1.00. The van der Waals surface area contributed by atoms with Crippen LogP contribution in [0, 0.1) is 22.7 Å². The molecule has 0 aromatic carbocycles. The Morgan fingerprint density at radius 3 is 2.00 bits per heavy atom. The molecule has 0 spiro atoms. The molecule has 2 saturated carbocycles. The van der Waals surface area contributed by atoms with E-state index in [0.29, 0.717) is 10.8 Å². The number of rotatable bonds is 3. The molecule has 0 bridgehead atoms. The zero-order valence-electron chi connectivity index (χ0n) is 14.8. The highest BCUT2D eigenvalue weighted by Crippen LogP contribution is 2.46. The van der Waals surface area contributed by atoms with Crippen molar-refractivity contribution in [1.29, 1.82) is 0 Å². The van der Waals surface area contributed by atoms with Crippen LogP contribution in [-0.4, -0.2) is 12.1 Å². The number of hydrogen-bond donors (Lipinski definition) is 1. The van der Waals surface area contributed by atoms with E-state index in [1.165, 1.54) is 44.9 Å². The normalized spacial score (nSPS) is 34.4. The van der Waals surface area contributed by atoms with E-state index < -0.39 is 0 Å². The van der Waals surface area contributed by atoms with Crippen LogP contribution in [0.1, 0.15) is 86.5 Å². The van der Waals surface area contributed by atoms with Crippen LogP contribution in [0.3, 0.4) is 0 Å². The van der Waals surface area contributed by atoms with Gasteiger partial charge in [0.05, 0.1) is 0 Å². The Labute approximate surface area is 127 Å². The molecule has 2 rings (SSSR count). The Balaban J connectivity index is 2.00. The van der Waals surface area contributed by atoms with Crippen molar-refractivity contribution in [2.24, 2.45) is 22.7 Å². The van der Waals surface area contributed by atoms with Crippen molar-refractivity contribution in [3.63, 3.8) is 0 Å². The standard InChI is InChI=1S/C19H37N/c1-14(2)16-9-7-8-10-17(16)20-15-11-18(3,4)13-19(5,6)12-15/h14-17,20H,7-13H2,1-6H3. The zero-order valence-corrected chi connectivity index (χ0v) is 14.8. The molecule has 20 heavy (non-hydrogen) atoms. The summed E-state index contributed by atoms with van der Waals surface area (Å²) in [5.74, 6) is 1.73. The van der Waals surface area contributed by atoms with Crippen molar-refractivity contribution in [3.8, 4) is 0 Å². The van der Waals surface area contributed by atoms with Gasteiger partial charge in [-0.05, 0) is 54.8 Å². The van der Waals surface area contributed by atoms with Gasteiger partial charge in [0.25, 0.3) is 0 Å². The Morgan fingerprint density at radius 2 is 1.45 bits per heavy atom. The average Bonchev–Trinajstić information content (AvgIpc) is 2.24. The lowest BCUT2D eigenvalue weighted by atomic mass is 9.63. The minimum absolute atomic E-state index is 0.501.